The summed E-state index contributed by atoms with van der Waals surface area (Å²) in [6, 6.07) is 1.47. The molecule has 11 heteroatoms. The number of ether oxygens (including phenoxy) is 1. The number of nitrogens with zero attached hydrogens (tertiary/aromatic N) is 3. The molecule has 3 N–H and O–H groups in total. The van der Waals surface area contributed by atoms with E-state index < -0.39 is 28.0 Å². The molecule has 2 aromatic rings. The lowest BCUT2D eigenvalue weighted by Crippen LogP contribution is -2.44. The van der Waals surface area contributed by atoms with Gasteiger partial charge in [0.15, 0.2) is 9.84 Å². The minimum absolute atomic E-state index is 0.0223. The van der Waals surface area contributed by atoms with Gasteiger partial charge in [-0.05, 0) is 19.0 Å². The van der Waals surface area contributed by atoms with Crippen molar-refractivity contribution in [3.8, 4) is 17.0 Å². The Balaban J connectivity index is 1.86. The van der Waals surface area contributed by atoms with Crippen LogP contribution in [0.1, 0.15) is 16.8 Å². The second kappa shape index (κ2) is 7.61. The van der Waals surface area contributed by atoms with E-state index in [2.05, 4.69) is 15.4 Å². The third-order valence-corrected chi connectivity index (χ3v) is 4.79. The molecule has 0 radical (unpaired) electrons. The highest BCUT2D eigenvalue weighted by Gasteiger charge is 2.28. The van der Waals surface area contributed by atoms with Gasteiger partial charge in [-0.25, -0.2) is 17.8 Å². The van der Waals surface area contributed by atoms with Crippen LogP contribution in [0.25, 0.3) is 11.1 Å². The van der Waals surface area contributed by atoms with Crippen LogP contribution in [-0.2, 0) is 15.7 Å². The van der Waals surface area contributed by atoms with Gasteiger partial charge in [-0.2, -0.15) is 5.10 Å². The molecule has 3 heterocycles. The van der Waals surface area contributed by atoms with Gasteiger partial charge in [-0.1, -0.05) is 0 Å². The zero-order valence-corrected chi connectivity index (χ0v) is 15.4. The lowest BCUT2D eigenvalue weighted by Gasteiger charge is -2.27. The average Bonchev–Trinajstić information content (AvgIpc) is 3.03. The number of nitrogens with one attached hydrogen (secondary N) is 1. The van der Waals surface area contributed by atoms with Crippen molar-refractivity contribution >= 4 is 15.7 Å². The highest BCUT2D eigenvalue weighted by atomic mass is 32.2. The molecule has 0 saturated carbocycles. The summed E-state index contributed by atoms with van der Waals surface area (Å²) in [6.07, 6.45) is 4.05. The van der Waals surface area contributed by atoms with Crippen molar-refractivity contribution in [2.75, 3.05) is 19.3 Å². The van der Waals surface area contributed by atoms with Crippen LogP contribution in [-0.4, -0.2) is 60.7 Å². The van der Waals surface area contributed by atoms with Gasteiger partial charge in [0.05, 0.1) is 6.20 Å². The minimum Gasteiger partial charge on any atom is -0.471 e. The second-order valence-electron chi connectivity index (χ2n) is 6.43. The van der Waals surface area contributed by atoms with Gasteiger partial charge < -0.3 is 15.8 Å². The maximum Gasteiger partial charge on any atom is 0.254 e. The van der Waals surface area contributed by atoms with Crippen molar-refractivity contribution in [2.45, 2.75) is 24.6 Å². The van der Waals surface area contributed by atoms with E-state index in [0.29, 0.717) is 24.1 Å². The zero-order chi connectivity index (χ0) is 19.6. The van der Waals surface area contributed by atoms with Crippen molar-refractivity contribution in [1.29, 1.82) is 0 Å². The Morgan fingerprint density at radius 3 is 2.89 bits per heavy atom. The summed E-state index contributed by atoms with van der Waals surface area (Å²) in [4.78, 5) is 15.9. The standard InChI is InChI=1S/C16H20FN5O4S/c1-27(24,25)9-22-8-11(6-21-22)10-4-12(15(18)23)16(20-5-10)26-14-2-3-19-7-13(14)17/h4-6,8,13-14,19H,2-3,7,9H2,1H3,(H2,18,23). The third-order valence-electron chi connectivity index (χ3n) is 4.06. The normalized spacial score (nSPS) is 20.4. The van der Waals surface area contributed by atoms with Crippen LogP contribution in [0.5, 0.6) is 5.88 Å². The number of alkyl halides is 1. The van der Waals surface area contributed by atoms with Crippen LogP contribution in [0.4, 0.5) is 4.39 Å². The number of hydrogen-bond acceptors (Lipinski definition) is 7. The van der Waals surface area contributed by atoms with Crippen LogP contribution in [0.2, 0.25) is 0 Å². The molecule has 1 fully saturated rings. The number of primary amides is 1. The Morgan fingerprint density at radius 1 is 1.44 bits per heavy atom. The number of hydrogen-bond donors (Lipinski definition) is 2. The molecule has 9 nitrogen and oxygen atoms in total. The largest absolute Gasteiger partial charge is 0.471 e. The number of pyridine rings is 1. The Morgan fingerprint density at radius 2 is 2.22 bits per heavy atom. The van der Waals surface area contributed by atoms with Crippen LogP contribution in [0.3, 0.4) is 0 Å². The fourth-order valence-electron chi connectivity index (χ4n) is 2.78. The monoisotopic (exact) mass is 397 g/mol. The van der Waals surface area contributed by atoms with E-state index in [1.54, 1.807) is 0 Å². The fourth-order valence-corrected chi connectivity index (χ4v) is 3.40. The minimum atomic E-state index is -3.25. The fraction of sp³-hybridized carbons (Fsp3) is 0.438. The van der Waals surface area contributed by atoms with Crippen LogP contribution < -0.4 is 15.8 Å². The van der Waals surface area contributed by atoms with E-state index in [-0.39, 0.29) is 23.9 Å². The summed E-state index contributed by atoms with van der Waals surface area (Å²) in [7, 11) is -3.25. The maximum atomic E-state index is 14.0. The van der Waals surface area contributed by atoms with Gasteiger partial charge in [0, 0.05) is 36.3 Å². The Hall–Kier alpha value is -2.53. The predicted octanol–water partition coefficient (Wildman–Crippen LogP) is 0.125. The van der Waals surface area contributed by atoms with E-state index in [4.69, 9.17) is 10.5 Å². The summed E-state index contributed by atoms with van der Waals surface area (Å²) in [5.41, 5.74) is 6.52. The molecule has 2 unspecified atom stereocenters. The highest BCUT2D eigenvalue weighted by molar-refractivity contribution is 7.89. The first kappa shape index (κ1) is 19.2. The molecule has 1 saturated heterocycles. The summed E-state index contributed by atoms with van der Waals surface area (Å²) in [5.74, 6) is -1.05. The molecule has 2 aromatic heterocycles. The van der Waals surface area contributed by atoms with Gasteiger partial charge in [0.25, 0.3) is 5.91 Å². The molecule has 1 aliphatic rings. The number of piperidine rings is 1. The van der Waals surface area contributed by atoms with Gasteiger partial charge in [0.1, 0.15) is 23.7 Å². The lowest BCUT2D eigenvalue weighted by atomic mass is 10.1. The zero-order valence-electron chi connectivity index (χ0n) is 14.6. The number of carbonyl (C=O) groups excluding carboxylic acids is 1. The van der Waals surface area contributed by atoms with Crippen molar-refractivity contribution < 1.29 is 22.3 Å². The van der Waals surface area contributed by atoms with E-state index in [9.17, 15) is 17.6 Å². The van der Waals surface area contributed by atoms with Gasteiger partial charge in [0.2, 0.25) is 5.88 Å². The molecule has 0 aliphatic carbocycles. The molecular formula is C16H20FN5O4S. The van der Waals surface area contributed by atoms with Crippen molar-refractivity contribution in [3.63, 3.8) is 0 Å². The summed E-state index contributed by atoms with van der Waals surface area (Å²) in [5, 5.41) is 6.90. The number of rotatable bonds is 6. The lowest BCUT2D eigenvalue weighted by molar-refractivity contribution is 0.0676. The topological polar surface area (TPSA) is 129 Å². The van der Waals surface area contributed by atoms with E-state index in [0.717, 1.165) is 6.26 Å². The molecule has 0 aromatic carbocycles. The van der Waals surface area contributed by atoms with E-state index in [1.807, 2.05) is 0 Å². The molecule has 0 bridgehead atoms. The Labute approximate surface area is 155 Å². The molecule has 2 atom stereocenters. The van der Waals surface area contributed by atoms with E-state index >= 15 is 0 Å². The maximum absolute atomic E-state index is 14.0. The van der Waals surface area contributed by atoms with Crippen LogP contribution in [0, 0.1) is 0 Å². The third kappa shape index (κ3) is 4.80. The first-order chi connectivity index (χ1) is 12.7. The number of nitrogens with two attached hydrogens (primary N) is 1. The van der Waals surface area contributed by atoms with Crippen LogP contribution >= 0.6 is 0 Å². The van der Waals surface area contributed by atoms with Crippen molar-refractivity contribution in [1.82, 2.24) is 20.1 Å². The quantitative estimate of drug-likeness (QED) is 0.708. The number of aromatic nitrogens is 3. The number of halogens is 1. The summed E-state index contributed by atoms with van der Waals surface area (Å²) in [6.45, 7) is 0.781. The van der Waals surface area contributed by atoms with Crippen molar-refractivity contribution in [3.05, 3.63) is 30.2 Å². The summed E-state index contributed by atoms with van der Waals surface area (Å²) >= 11 is 0. The SMILES string of the molecule is CS(=O)(=O)Cn1cc(-c2cnc(OC3CCNCC3F)c(C(N)=O)c2)cn1. The summed E-state index contributed by atoms with van der Waals surface area (Å²) < 4.78 is 43.5. The van der Waals surface area contributed by atoms with Crippen LogP contribution in [0.15, 0.2) is 24.7 Å². The molecule has 27 heavy (non-hydrogen) atoms. The second-order valence-corrected chi connectivity index (χ2v) is 8.54. The van der Waals surface area contributed by atoms with Gasteiger partial charge >= 0.3 is 0 Å². The molecule has 146 valence electrons. The molecule has 1 aliphatic heterocycles. The highest BCUT2D eigenvalue weighted by Crippen LogP contribution is 2.26. The first-order valence-electron chi connectivity index (χ1n) is 8.25. The number of sulfone groups is 1. The first-order valence-corrected chi connectivity index (χ1v) is 10.3. The average molecular weight is 397 g/mol. The smallest absolute Gasteiger partial charge is 0.254 e. The Bertz CT molecular complexity index is 946. The van der Waals surface area contributed by atoms with Gasteiger partial charge in [-0.15, -0.1) is 0 Å². The molecular weight excluding hydrogens is 377 g/mol. The van der Waals surface area contributed by atoms with Gasteiger partial charge in [-0.3, -0.25) is 9.48 Å². The Kier molecular flexibility index (Phi) is 5.42. The van der Waals surface area contributed by atoms with Crippen molar-refractivity contribution in [2.24, 2.45) is 5.73 Å². The predicted molar refractivity (Wildman–Crippen MR) is 95.6 cm³/mol. The number of amides is 1. The molecule has 0 spiro atoms. The molecule has 3 rings (SSSR count). The molecule has 1 amide bonds. The van der Waals surface area contributed by atoms with E-state index in [1.165, 1.54) is 29.3 Å². The number of carbonyl (C=O) groups is 1.